The number of unbranched alkanes of at least 4 members (excludes halogenated alkanes) is 3. The number of rotatable bonds is 14. The second kappa shape index (κ2) is 17.5. The molecule has 0 fully saturated rings. The molecule has 1 aliphatic rings. The van der Waals surface area contributed by atoms with Crippen LogP contribution in [0.1, 0.15) is 56.6 Å². The molecule has 0 heterocycles. The van der Waals surface area contributed by atoms with Gasteiger partial charge < -0.3 is 25.5 Å². The quantitative estimate of drug-likeness (QED) is 0.109. The summed E-state index contributed by atoms with van der Waals surface area (Å²) in [6.45, 7) is 6.61. The van der Waals surface area contributed by atoms with Crippen molar-refractivity contribution in [3.05, 3.63) is 47.5 Å². The first kappa shape index (κ1) is 32.1. The molecule has 0 amide bonds. The van der Waals surface area contributed by atoms with Gasteiger partial charge in [0.25, 0.3) is 0 Å². The number of phenols is 3. The van der Waals surface area contributed by atoms with Gasteiger partial charge >= 0.3 is 0 Å². The number of hydrogen-bond acceptors (Lipinski definition) is 6. The van der Waals surface area contributed by atoms with Crippen molar-refractivity contribution < 1.29 is 15.3 Å². The van der Waals surface area contributed by atoms with E-state index < -0.39 is 0 Å². The third kappa shape index (κ3) is 10.5. The average molecular weight is 635 g/mol. The lowest BCUT2D eigenvalue weighted by Crippen LogP contribution is -2.40. The van der Waals surface area contributed by atoms with Gasteiger partial charge in [0.2, 0.25) is 0 Å². The highest BCUT2D eigenvalue weighted by atomic mass is 79.9. The Kier molecular flexibility index (Phi) is 16.1. The van der Waals surface area contributed by atoms with Gasteiger partial charge in [-0.05, 0) is 94.1 Å². The molecule has 198 valence electrons. The standard InChI is InChI=1S/C27H40N2O3S.2BrH/c1-2-17-29(22-8-13-25-21(20-22)7-14-26(31)27(25)32)18-6-4-3-5-15-28-16-19-33-24-11-9-23(30)10-12-24;;/h7,9-12,14,22,28,30-32H,2-6,8,13,15-20H2,1H3;2*1H. The molecule has 0 radical (unpaired) electrons. The maximum Gasteiger partial charge on any atom is 0.160 e. The minimum absolute atomic E-state index is 0. The van der Waals surface area contributed by atoms with E-state index in [1.165, 1.54) is 36.1 Å². The number of phenolic OH excluding ortho intramolecular Hbond substituents is 3. The van der Waals surface area contributed by atoms with Crippen molar-refractivity contribution in [2.75, 3.05) is 31.9 Å². The predicted octanol–water partition coefficient (Wildman–Crippen LogP) is 6.47. The number of hydrogen-bond donors (Lipinski definition) is 4. The Hall–Kier alpha value is -0.930. The van der Waals surface area contributed by atoms with Crippen LogP contribution in [0.2, 0.25) is 0 Å². The Bertz CT molecular complexity index is 855. The number of benzene rings is 2. The Morgan fingerprint density at radius 2 is 1.66 bits per heavy atom. The van der Waals surface area contributed by atoms with E-state index in [2.05, 4.69) is 17.1 Å². The first-order chi connectivity index (χ1) is 16.1. The Labute approximate surface area is 236 Å². The van der Waals surface area contributed by atoms with Crippen molar-refractivity contribution in [1.82, 2.24) is 10.2 Å². The molecule has 5 nitrogen and oxygen atoms in total. The molecule has 0 saturated carbocycles. The van der Waals surface area contributed by atoms with Gasteiger partial charge in [-0.25, -0.2) is 0 Å². The first-order valence-corrected chi connectivity index (χ1v) is 13.5. The molecule has 1 aliphatic carbocycles. The monoisotopic (exact) mass is 632 g/mol. The van der Waals surface area contributed by atoms with Crippen LogP contribution >= 0.6 is 45.7 Å². The fourth-order valence-electron chi connectivity index (χ4n) is 4.71. The Morgan fingerprint density at radius 1 is 0.914 bits per heavy atom. The summed E-state index contributed by atoms with van der Waals surface area (Å²) in [6.07, 6.45) is 9.01. The summed E-state index contributed by atoms with van der Waals surface area (Å²) in [5, 5.41) is 32.8. The lowest BCUT2D eigenvalue weighted by atomic mass is 9.86. The molecule has 35 heavy (non-hydrogen) atoms. The first-order valence-electron chi connectivity index (χ1n) is 12.5. The summed E-state index contributed by atoms with van der Waals surface area (Å²) < 4.78 is 0. The maximum absolute atomic E-state index is 10.1. The molecule has 0 saturated heterocycles. The molecule has 4 N–H and O–H groups in total. The van der Waals surface area contributed by atoms with Crippen LogP contribution in [0.25, 0.3) is 0 Å². The van der Waals surface area contributed by atoms with Crippen LogP contribution < -0.4 is 5.32 Å². The molecular formula is C27H42Br2N2O3S. The highest BCUT2D eigenvalue weighted by Crippen LogP contribution is 2.36. The molecule has 2 aromatic carbocycles. The highest BCUT2D eigenvalue weighted by molar-refractivity contribution is 8.93. The van der Waals surface area contributed by atoms with E-state index in [1.54, 1.807) is 18.2 Å². The molecule has 0 spiro atoms. The number of fused-ring (bicyclic) bond motifs is 1. The normalized spacial score (nSPS) is 14.7. The molecule has 0 aromatic heterocycles. The van der Waals surface area contributed by atoms with E-state index in [1.807, 2.05) is 30.0 Å². The molecule has 1 unspecified atom stereocenters. The van der Waals surface area contributed by atoms with Gasteiger partial charge in [0.05, 0.1) is 0 Å². The summed E-state index contributed by atoms with van der Waals surface area (Å²) in [7, 11) is 0. The zero-order valence-corrected chi connectivity index (χ0v) is 25.0. The summed E-state index contributed by atoms with van der Waals surface area (Å²) >= 11 is 1.81. The minimum Gasteiger partial charge on any atom is -0.508 e. The molecular weight excluding hydrogens is 592 g/mol. The largest absolute Gasteiger partial charge is 0.508 e. The van der Waals surface area contributed by atoms with Crippen molar-refractivity contribution in [3.8, 4) is 17.2 Å². The maximum atomic E-state index is 10.1. The van der Waals surface area contributed by atoms with Gasteiger partial charge in [0.15, 0.2) is 11.5 Å². The summed E-state index contributed by atoms with van der Waals surface area (Å²) in [4.78, 5) is 3.84. The Morgan fingerprint density at radius 3 is 2.40 bits per heavy atom. The van der Waals surface area contributed by atoms with Gasteiger partial charge in [-0.2, -0.15) is 0 Å². The molecule has 0 bridgehead atoms. The van der Waals surface area contributed by atoms with Gasteiger partial charge in [-0.3, -0.25) is 0 Å². The van der Waals surface area contributed by atoms with E-state index in [0.717, 1.165) is 63.2 Å². The third-order valence-corrected chi connectivity index (χ3v) is 7.52. The lowest BCUT2D eigenvalue weighted by Gasteiger charge is -2.35. The number of halogens is 2. The van der Waals surface area contributed by atoms with Crippen molar-refractivity contribution in [3.63, 3.8) is 0 Å². The van der Waals surface area contributed by atoms with Crippen molar-refractivity contribution in [2.24, 2.45) is 0 Å². The zero-order valence-electron chi connectivity index (χ0n) is 20.7. The topological polar surface area (TPSA) is 76.0 Å². The van der Waals surface area contributed by atoms with E-state index in [0.29, 0.717) is 11.8 Å². The van der Waals surface area contributed by atoms with Crippen LogP contribution in [0.5, 0.6) is 17.2 Å². The molecule has 2 aromatic rings. The van der Waals surface area contributed by atoms with Crippen LogP contribution in [0.4, 0.5) is 0 Å². The van der Waals surface area contributed by atoms with Gasteiger partial charge in [-0.15, -0.1) is 45.7 Å². The van der Waals surface area contributed by atoms with Crippen molar-refractivity contribution in [1.29, 1.82) is 0 Å². The van der Waals surface area contributed by atoms with Crippen LogP contribution in [0, 0.1) is 0 Å². The van der Waals surface area contributed by atoms with Crippen LogP contribution in [0.3, 0.4) is 0 Å². The van der Waals surface area contributed by atoms with Crippen LogP contribution in [-0.2, 0) is 12.8 Å². The van der Waals surface area contributed by atoms with Crippen molar-refractivity contribution >= 4 is 45.7 Å². The number of thioether (sulfide) groups is 1. The zero-order chi connectivity index (χ0) is 23.5. The van der Waals surface area contributed by atoms with E-state index in [9.17, 15) is 15.3 Å². The number of nitrogens with one attached hydrogen (secondary N) is 1. The summed E-state index contributed by atoms with van der Waals surface area (Å²) in [5.41, 5.74) is 2.13. The molecule has 3 rings (SSSR count). The van der Waals surface area contributed by atoms with E-state index >= 15 is 0 Å². The van der Waals surface area contributed by atoms with Gasteiger partial charge in [0.1, 0.15) is 5.75 Å². The average Bonchev–Trinajstić information content (AvgIpc) is 2.83. The fourth-order valence-corrected chi connectivity index (χ4v) is 5.52. The van der Waals surface area contributed by atoms with Crippen LogP contribution in [0.15, 0.2) is 41.3 Å². The van der Waals surface area contributed by atoms with Gasteiger partial charge in [0, 0.05) is 28.8 Å². The lowest BCUT2D eigenvalue weighted by molar-refractivity contribution is 0.175. The molecule has 0 aliphatic heterocycles. The number of nitrogens with zero attached hydrogens (tertiary/aromatic N) is 1. The minimum atomic E-state index is 0. The van der Waals surface area contributed by atoms with Crippen LogP contribution in [-0.4, -0.2) is 58.2 Å². The Balaban J connectivity index is 0.00000306. The molecule has 8 heteroatoms. The second-order valence-corrected chi connectivity index (χ2v) is 10.2. The summed E-state index contributed by atoms with van der Waals surface area (Å²) in [6, 6.07) is 11.5. The molecule has 1 atom stereocenters. The van der Waals surface area contributed by atoms with E-state index in [-0.39, 0.29) is 45.5 Å². The third-order valence-electron chi connectivity index (χ3n) is 6.50. The van der Waals surface area contributed by atoms with Crippen molar-refractivity contribution in [2.45, 2.75) is 69.2 Å². The number of aromatic hydroxyl groups is 3. The SMILES string of the molecule is Br.Br.CCCN(CCCCCCNCCSc1ccc(O)cc1)C1CCc2c(ccc(O)c2O)C1. The van der Waals surface area contributed by atoms with Gasteiger partial charge in [-0.1, -0.05) is 25.8 Å². The smallest absolute Gasteiger partial charge is 0.160 e. The summed E-state index contributed by atoms with van der Waals surface area (Å²) in [5.74, 6) is 1.45. The fraction of sp³-hybridized carbons (Fsp3) is 0.556. The second-order valence-electron chi connectivity index (χ2n) is 9.01. The van der Waals surface area contributed by atoms with E-state index in [4.69, 9.17) is 0 Å². The highest BCUT2D eigenvalue weighted by Gasteiger charge is 2.26. The predicted molar refractivity (Wildman–Crippen MR) is 158 cm³/mol.